The SMILES string of the molecule is C1=C\CCCCOc2cccc3c2-c2ccc4ccc5ccc(nc5c4n2)-c2c(cccc2OCCCC/1)OCC/C=C/CCCCO3. The van der Waals surface area contributed by atoms with E-state index < -0.39 is 0 Å². The van der Waals surface area contributed by atoms with Gasteiger partial charge >= 0.3 is 0 Å². The van der Waals surface area contributed by atoms with Crippen molar-refractivity contribution in [3.63, 3.8) is 0 Å². The molecule has 0 atom stereocenters. The van der Waals surface area contributed by atoms with Crippen LogP contribution in [0, 0.1) is 0 Å². The van der Waals surface area contributed by atoms with Gasteiger partial charge in [-0.15, -0.1) is 0 Å². The summed E-state index contributed by atoms with van der Waals surface area (Å²) < 4.78 is 25.8. The number of rotatable bonds is 0. The molecule has 6 nitrogen and oxygen atoms in total. The van der Waals surface area contributed by atoms with E-state index in [0.29, 0.717) is 26.4 Å². The number of hydrogen-bond acceptors (Lipinski definition) is 6. The van der Waals surface area contributed by atoms with Gasteiger partial charge in [0.15, 0.2) is 0 Å². The third-order valence-electron chi connectivity index (χ3n) is 8.95. The Bertz CT molecular complexity index is 1910. The van der Waals surface area contributed by atoms with Gasteiger partial charge in [-0.05, 0) is 101 Å². The van der Waals surface area contributed by atoms with Crippen LogP contribution >= 0.6 is 0 Å². The molecule has 0 radical (unpaired) electrons. The fourth-order valence-electron chi connectivity index (χ4n) is 6.40. The number of benzene rings is 3. The van der Waals surface area contributed by atoms with E-state index in [0.717, 1.165) is 132 Å². The summed E-state index contributed by atoms with van der Waals surface area (Å²) in [4.78, 5) is 10.6. The zero-order chi connectivity index (χ0) is 32.4. The molecular weight excluding hydrogens is 596 g/mol. The lowest BCUT2D eigenvalue weighted by Crippen LogP contribution is -2.04. The molecule has 2 aliphatic rings. The van der Waals surface area contributed by atoms with E-state index >= 15 is 0 Å². The summed E-state index contributed by atoms with van der Waals surface area (Å²) in [6, 6.07) is 24.8. The Morgan fingerprint density at radius 1 is 0.375 bits per heavy atom. The molecule has 4 heterocycles. The summed E-state index contributed by atoms with van der Waals surface area (Å²) in [5.41, 5.74) is 5.04. The third-order valence-corrected chi connectivity index (χ3v) is 8.95. The second-order valence-corrected chi connectivity index (χ2v) is 12.5. The Morgan fingerprint density at radius 3 is 1.19 bits per heavy atom. The second-order valence-electron chi connectivity index (χ2n) is 12.5. The summed E-state index contributed by atoms with van der Waals surface area (Å²) in [6.07, 6.45) is 19.1. The second kappa shape index (κ2) is 15.8. The van der Waals surface area contributed by atoms with Crippen LogP contribution in [0.3, 0.4) is 0 Å². The molecule has 0 aliphatic carbocycles. The Labute approximate surface area is 283 Å². The van der Waals surface area contributed by atoms with Crippen LogP contribution in [0.5, 0.6) is 23.0 Å². The minimum atomic E-state index is 0.574. The maximum absolute atomic E-state index is 6.47. The van der Waals surface area contributed by atoms with Gasteiger partial charge in [-0.2, -0.15) is 0 Å². The van der Waals surface area contributed by atoms with E-state index in [1.54, 1.807) is 0 Å². The lowest BCUT2D eigenvalue weighted by atomic mass is 10.0. The van der Waals surface area contributed by atoms with Crippen LogP contribution < -0.4 is 18.9 Å². The zero-order valence-electron chi connectivity index (χ0n) is 27.7. The third kappa shape index (κ3) is 7.49. The largest absolute Gasteiger partial charge is 0.493 e. The fourth-order valence-corrected chi connectivity index (χ4v) is 6.40. The molecule has 0 amide bonds. The van der Waals surface area contributed by atoms with Crippen LogP contribution in [0.2, 0.25) is 0 Å². The predicted molar refractivity (Wildman–Crippen MR) is 194 cm³/mol. The maximum Gasteiger partial charge on any atom is 0.132 e. The topological polar surface area (TPSA) is 62.7 Å². The van der Waals surface area contributed by atoms with Gasteiger partial charge in [-0.25, -0.2) is 9.97 Å². The van der Waals surface area contributed by atoms with E-state index in [1.807, 2.05) is 36.4 Å². The molecule has 7 rings (SSSR count). The molecule has 5 aromatic rings. The number of hydrogen-bond donors (Lipinski definition) is 0. The van der Waals surface area contributed by atoms with Gasteiger partial charge in [-0.3, -0.25) is 0 Å². The summed E-state index contributed by atoms with van der Waals surface area (Å²) in [5, 5.41) is 2.04. The van der Waals surface area contributed by atoms with Gasteiger partial charge in [-0.1, -0.05) is 60.7 Å². The van der Waals surface area contributed by atoms with Crippen molar-refractivity contribution >= 4 is 21.8 Å². The number of ether oxygens (including phenoxy) is 4. The summed E-state index contributed by atoms with van der Waals surface area (Å²) in [5.74, 6) is 3.16. The summed E-state index contributed by atoms with van der Waals surface area (Å²) in [6.45, 7) is 2.47. The van der Waals surface area contributed by atoms with Crippen molar-refractivity contribution in [1.82, 2.24) is 9.97 Å². The van der Waals surface area contributed by atoms with Gasteiger partial charge in [0.25, 0.3) is 0 Å². The molecule has 3 aromatic carbocycles. The minimum absolute atomic E-state index is 0.574. The molecule has 0 fully saturated rings. The molecule has 0 saturated heterocycles. The molecule has 0 unspecified atom stereocenters. The van der Waals surface area contributed by atoms with Gasteiger partial charge in [0.1, 0.15) is 23.0 Å². The van der Waals surface area contributed by atoms with Crippen molar-refractivity contribution in [2.24, 2.45) is 0 Å². The Balaban J connectivity index is 1.41. The van der Waals surface area contributed by atoms with Crippen LogP contribution in [-0.2, 0) is 0 Å². The van der Waals surface area contributed by atoms with Crippen LogP contribution in [0.4, 0.5) is 0 Å². The van der Waals surface area contributed by atoms with Crippen molar-refractivity contribution in [2.75, 3.05) is 26.4 Å². The van der Waals surface area contributed by atoms with E-state index in [1.165, 1.54) is 0 Å². The average Bonchev–Trinajstić information content (AvgIpc) is 3.11. The molecule has 0 N–H and O–H groups in total. The highest BCUT2D eigenvalue weighted by Gasteiger charge is 2.19. The van der Waals surface area contributed by atoms with E-state index in [9.17, 15) is 0 Å². The van der Waals surface area contributed by atoms with Crippen molar-refractivity contribution in [3.05, 3.63) is 97.1 Å². The fraction of sp³-hybridized carbons (Fsp3) is 0.333. The molecule has 2 aliphatic heterocycles. The smallest absolute Gasteiger partial charge is 0.132 e. The number of allylic oxidation sites excluding steroid dienone is 3. The van der Waals surface area contributed by atoms with Gasteiger partial charge < -0.3 is 18.9 Å². The van der Waals surface area contributed by atoms with E-state index in [2.05, 4.69) is 60.7 Å². The quantitative estimate of drug-likeness (QED) is 0.124. The van der Waals surface area contributed by atoms with E-state index in [4.69, 9.17) is 28.9 Å². The van der Waals surface area contributed by atoms with Crippen LogP contribution in [-0.4, -0.2) is 36.4 Å². The van der Waals surface area contributed by atoms with Crippen LogP contribution in [0.15, 0.2) is 97.1 Å². The molecule has 6 bridgehead atoms. The first-order valence-electron chi connectivity index (χ1n) is 17.6. The highest BCUT2D eigenvalue weighted by Crippen LogP contribution is 2.41. The first kappa shape index (κ1) is 31.7. The molecule has 246 valence electrons. The molecule has 48 heavy (non-hydrogen) atoms. The summed E-state index contributed by atoms with van der Waals surface area (Å²) in [7, 11) is 0. The van der Waals surface area contributed by atoms with E-state index in [-0.39, 0.29) is 0 Å². The monoisotopic (exact) mass is 640 g/mol. The van der Waals surface area contributed by atoms with Crippen molar-refractivity contribution in [3.8, 4) is 45.5 Å². The Hall–Kier alpha value is -4.84. The number of pyridine rings is 2. The first-order valence-corrected chi connectivity index (χ1v) is 17.6. The van der Waals surface area contributed by atoms with Crippen molar-refractivity contribution < 1.29 is 18.9 Å². The number of aromatic nitrogens is 2. The first-order chi connectivity index (χ1) is 23.8. The van der Waals surface area contributed by atoms with Crippen molar-refractivity contribution in [2.45, 2.75) is 64.2 Å². The molecule has 0 saturated carbocycles. The molecular formula is C42H44N2O4. The lowest BCUT2D eigenvalue weighted by molar-refractivity contribution is 0.294. The highest BCUT2D eigenvalue weighted by molar-refractivity contribution is 6.04. The number of nitrogens with zero attached hydrogens (tertiary/aromatic N) is 2. The molecule has 2 aromatic heterocycles. The van der Waals surface area contributed by atoms with Gasteiger partial charge in [0, 0.05) is 10.8 Å². The molecule has 6 heteroatoms. The maximum atomic E-state index is 6.47. The molecule has 0 spiro atoms. The average molecular weight is 641 g/mol. The zero-order valence-corrected chi connectivity index (χ0v) is 27.7. The van der Waals surface area contributed by atoms with Crippen LogP contribution in [0.25, 0.3) is 44.3 Å². The standard InChI is InChI=1S/C42H44N2O4/c1-2-4-8-12-28-46-36-18-16-20-38-40(36)34-26-24-32-22-21-31-23-25-33(43-41(31)42(32)44-34)39-35(45-27-11-7-3-1)17-15-19-37(39)47-29-13-9-5-6-10-14-30-48-38/h1-2,5,9,15-26H,3-4,6-8,10-14,27-30H2/b2-1-,9-5+. The Morgan fingerprint density at radius 2 is 0.750 bits per heavy atom. The highest BCUT2D eigenvalue weighted by atomic mass is 16.5. The van der Waals surface area contributed by atoms with Crippen molar-refractivity contribution in [1.29, 1.82) is 0 Å². The van der Waals surface area contributed by atoms with Gasteiger partial charge in [0.05, 0.1) is 60.0 Å². The minimum Gasteiger partial charge on any atom is -0.493 e. The summed E-state index contributed by atoms with van der Waals surface area (Å²) >= 11 is 0. The Kier molecular flexibility index (Phi) is 10.5. The van der Waals surface area contributed by atoms with Gasteiger partial charge in [0.2, 0.25) is 0 Å². The van der Waals surface area contributed by atoms with Crippen LogP contribution in [0.1, 0.15) is 64.2 Å². The predicted octanol–water partition coefficient (Wildman–Crippen LogP) is 10.7. The lowest BCUT2D eigenvalue weighted by Gasteiger charge is -2.18. The normalized spacial score (nSPS) is 17.8.